The summed E-state index contributed by atoms with van der Waals surface area (Å²) < 4.78 is 0. The molecule has 1 aromatic rings. The number of hydrogen-bond acceptors (Lipinski definition) is 2. The molecule has 0 spiro atoms. The van der Waals surface area contributed by atoms with Gasteiger partial charge in [0.25, 0.3) is 0 Å². The van der Waals surface area contributed by atoms with E-state index in [1.54, 1.807) is 0 Å². The van der Waals surface area contributed by atoms with Crippen molar-refractivity contribution in [3.63, 3.8) is 0 Å². The average Bonchev–Trinajstić information content (AvgIpc) is 3.11. The number of benzene rings is 1. The molecule has 0 aliphatic heterocycles. The van der Waals surface area contributed by atoms with Gasteiger partial charge in [-0.05, 0) is 18.4 Å². The molecule has 0 saturated heterocycles. The van der Waals surface area contributed by atoms with Gasteiger partial charge < -0.3 is 10.6 Å². The van der Waals surface area contributed by atoms with Gasteiger partial charge in [-0.1, -0.05) is 30.3 Å². The Morgan fingerprint density at radius 2 is 1.81 bits per heavy atom. The zero-order valence-corrected chi connectivity index (χ0v) is 8.90. The SMILES string of the molecule is O=C(NCc1ccccc1)C(=O)NC1CC1. The summed E-state index contributed by atoms with van der Waals surface area (Å²) in [5.41, 5.74) is 0.982. The van der Waals surface area contributed by atoms with E-state index in [2.05, 4.69) is 10.6 Å². The Kier molecular flexibility index (Phi) is 3.19. The van der Waals surface area contributed by atoms with Crippen molar-refractivity contribution in [3.8, 4) is 0 Å². The van der Waals surface area contributed by atoms with Crippen LogP contribution in [0.3, 0.4) is 0 Å². The zero-order chi connectivity index (χ0) is 11.4. The fourth-order valence-electron chi connectivity index (χ4n) is 1.34. The Morgan fingerprint density at radius 1 is 1.12 bits per heavy atom. The van der Waals surface area contributed by atoms with Crippen LogP contribution in [-0.4, -0.2) is 17.9 Å². The first-order valence-corrected chi connectivity index (χ1v) is 5.38. The minimum absolute atomic E-state index is 0.218. The maximum absolute atomic E-state index is 11.4. The lowest BCUT2D eigenvalue weighted by molar-refractivity contribution is -0.139. The van der Waals surface area contributed by atoms with E-state index in [-0.39, 0.29) is 6.04 Å². The van der Waals surface area contributed by atoms with Crippen molar-refractivity contribution in [1.82, 2.24) is 10.6 Å². The van der Waals surface area contributed by atoms with Crippen molar-refractivity contribution < 1.29 is 9.59 Å². The van der Waals surface area contributed by atoms with Crippen LogP contribution in [-0.2, 0) is 16.1 Å². The van der Waals surface area contributed by atoms with Gasteiger partial charge in [-0.15, -0.1) is 0 Å². The Morgan fingerprint density at radius 3 is 2.44 bits per heavy atom. The smallest absolute Gasteiger partial charge is 0.309 e. The van der Waals surface area contributed by atoms with Crippen molar-refractivity contribution in [1.29, 1.82) is 0 Å². The summed E-state index contributed by atoms with van der Waals surface area (Å²) in [4.78, 5) is 22.6. The second kappa shape index (κ2) is 4.79. The molecule has 0 heterocycles. The van der Waals surface area contributed by atoms with Crippen molar-refractivity contribution >= 4 is 11.8 Å². The Bertz CT molecular complexity index is 385. The Balaban J connectivity index is 1.76. The first-order valence-electron chi connectivity index (χ1n) is 5.38. The van der Waals surface area contributed by atoms with Gasteiger partial charge in [0.1, 0.15) is 0 Å². The van der Waals surface area contributed by atoms with Gasteiger partial charge in [0.05, 0.1) is 0 Å². The van der Waals surface area contributed by atoms with Crippen LogP contribution in [0.2, 0.25) is 0 Å². The molecule has 1 aromatic carbocycles. The van der Waals surface area contributed by atoms with Crippen LogP contribution in [0, 0.1) is 0 Å². The molecule has 0 atom stereocenters. The molecule has 4 heteroatoms. The largest absolute Gasteiger partial charge is 0.345 e. The van der Waals surface area contributed by atoms with Crippen LogP contribution in [0.4, 0.5) is 0 Å². The molecule has 1 fully saturated rings. The quantitative estimate of drug-likeness (QED) is 0.729. The molecular formula is C12H14N2O2. The van der Waals surface area contributed by atoms with E-state index in [0.29, 0.717) is 6.54 Å². The third-order valence-electron chi connectivity index (χ3n) is 2.41. The molecule has 2 N–H and O–H groups in total. The van der Waals surface area contributed by atoms with Crippen LogP contribution in [0.15, 0.2) is 30.3 Å². The standard InChI is InChI=1S/C12H14N2O2/c15-11(12(16)14-10-6-7-10)13-8-9-4-2-1-3-5-9/h1-5,10H,6-8H2,(H,13,15)(H,14,16). The number of hydrogen-bond donors (Lipinski definition) is 2. The van der Waals surface area contributed by atoms with Gasteiger partial charge in [0, 0.05) is 12.6 Å². The second-order valence-corrected chi connectivity index (χ2v) is 3.92. The molecule has 1 saturated carbocycles. The molecule has 16 heavy (non-hydrogen) atoms. The van der Waals surface area contributed by atoms with Crippen molar-refractivity contribution in [2.75, 3.05) is 0 Å². The van der Waals surface area contributed by atoms with Crippen molar-refractivity contribution in [2.24, 2.45) is 0 Å². The van der Waals surface area contributed by atoms with Crippen LogP contribution in [0.25, 0.3) is 0 Å². The van der Waals surface area contributed by atoms with Gasteiger partial charge in [0.15, 0.2) is 0 Å². The lowest BCUT2D eigenvalue weighted by Crippen LogP contribution is -2.40. The topological polar surface area (TPSA) is 58.2 Å². The van der Waals surface area contributed by atoms with Crippen LogP contribution in [0.5, 0.6) is 0 Å². The molecule has 0 radical (unpaired) electrons. The molecule has 2 amide bonds. The summed E-state index contributed by atoms with van der Waals surface area (Å²) in [6.45, 7) is 0.387. The highest BCUT2D eigenvalue weighted by atomic mass is 16.2. The van der Waals surface area contributed by atoms with E-state index in [9.17, 15) is 9.59 Å². The predicted molar refractivity (Wildman–Crippen MR) is 59.5 cm³/mol. The van der Waals surface area contributed by atoms with Gasteiger partial charge in [-0.25, -0.2) is 0 Å². The molecule has 4 nitrogen and oxygen atoms in total. The number of carbonyl (C=O) groups is 2. The van der Waals surface area contributed by atoms with E-state index in [0.717, 1.165) is 18.4 Å². The minimum atomic E-state index is -0.559. The highest BCUT2D eigenvalue weighted by Gasteiger charge is 2.26. The maximum Gasteiger partial charge on any atom is 0.309 e. The molecular weight excluding hydrogens is 204 g/mol. The van der Waals surface area contributed by atoms with E-state index in [1.807, 2.05) is 30.3 Å². The van der Waals surface area contributed by atoms with Crippen molar-refractivity contribution in [3.05, 3.63) is 35.9 Å². The highest BCUT2D eigenvalue weighted by molar-refractivity contribution is 6.35. The molecule has 1 aliphatic rings. The third-order valence-corrected chi connectivity index (χ3v) is 2.41. The summed E-state index contributed by atoms with van der Waals surface area (Å²) >= 11 is 0. The molecule has 0 aromatic heterocycles. The van der Waals surface area contributed by atoms with E-state index < -0.39 is 11.8 Å². The summed E-state index contributed by atoms with van der Waals surface area (Å²) in [5.74, 6) is -1.09. The summed E-state index contributed by atoms with van der Waals surface area (Å²) in [6, 6.07) is 9.72. The first-order chi connectivity index (χ1) is 7.75. The average molecular weight is 218 g/mol. The third kappa shape index (κ3) is 3.08. The van der Waals surface area contributed by atoms with E-state index >= 15 is 0 Å². The van der Waals surface area contributed by atoms with Gasteiger partial charge in [0.2, 0.25) is 0 Å². The monoisotopic (exact) mass is 218 g/mol. The summed E-state index contributed by atoms with van der Waals surface area (Å²) in [7, 11) is 0. The fraction of sp³-hybridized carbons (Fsp3) is 0.333. The van der Waals surface area contributed by atoms with Crippen LogP contribution < -0.4 is 10.6 Å². The number of amides is 2. The van der Waals surface area contributed by atoms with Crippen molar-refractivity contribution in [2.45, 2.75) is 25.4 Å². The lowest BCUT2D eigenvalue weighted by atomic mass is 10.2. The van der Waals surface area contributed by atoms with Gasteiger partial charge in [-0.3, -0.25) is 9.59 Å². The van der Waals surface area contributed by atoms with Gasteiger partial charge in [-0.2, -0.15) is 0 Å². The summed E-state index contributed by atoms with van der Waals surface area (Å²) in [5, 5.41) is 5.22. The fourth-order valence-corrected chi connectivity index (χ4v) is 1.34. The van der Waals surface area contributed by atoms with Gasteiger partial charge >= 0.3 is 11.8 Å². The zero-order valence-electron chi connectivity index (χ0n) is 8.90. The number of rotatable bonds is 3. The van der Waals surface area contributed by atoms with Crippen LogP contribution >= 0.6 is 0 Å². The molecule has 84 valence electrons. The normalized spacial score (nSPS) is 14.2. The van der Waals surface area contributed by atoms with E-state index in [4.69, 9.17) is 0 Å². The van der Waals surface area contributed by atoms with E-state index in [1.165, 1.54) is 0 Å². The Labute approximate surface area is 94.0 Å². The first kappa shape index (κ1) is 10.7. The van der Waals surface area contributed by atoms with Crippen LogP contribution in [0.1, 0.15) is 18.4 Å². The molecule has 0 unspecified atom stereocenters. The summed E-state index contributed by atoms with van der Waals surface area (Å²) in [6.07, 6.45) is 1.97. The predicted octanol–water partition coefficient (Wildman–Crippen LogP) is 0.581. The highest BCUT2D eigenvalue weighted by Crippen LogP contribution is 2.18. The molecule has 0 bridgehead atoms. The molecule has 1 aliphatic carbocycles. The lowest BCUT2D eigenvalue weighted by Gasteiger charge is -2.05. The minimum Gasteiger partial charge on any atom is -0.345 e. The second-order valence-electron chi connectivity index (χ2n) is 3.92. The maximum atomic E-state index is 11.4. The Hall–Kier alpha value is -1.84. The molecule has 2 rings (SSSR count). The number of carbonyl (C=O) groups excluding carboxylic acids is 2. The number of nitrogens with one attached hydrogen (secondary N) is 2.